The van der Waals surface area contributed by atoms with Gasteiger partial charge in [0.2, 0.25) is 15.9 Å². The Balaban J connectivity index is 1.42. The van der Waals surface area contributed by atoms with Crippen molar-refractivity contribution in [2.45, 2.75) is 31.3 Å². The number of benzene rings is 3. The third-order valence-electron chi connectivity index (χ3n) is 7.38. The number of amides is 1. The molecule has 1 aromatic heterocycles. The van der Waals surface area contributed by atoms with Gasteiger partial charge in [0.15, 0.2) is 0 Å². The molecule has 8 nitrogen and oxygen atoms in total. The van der Waals surface area contributed by atoms with Crippen LogP contribution in [0, 0.1) is 6.92 Å². The van der Waals surface area contributed by atoms with Gasteiger partial charge >= 0.3 is 0 Å². The quantitative estimate of drug-likeness (QED) is 0.244. The zero-order valence-corrected chi connectivity index (χ0v) is 24.3. The van der Waals surface area contributed by atoms with Crippen molar-refractivity contribution in [1.82, 2.24) is 14.1 Å². The molecular formula is C32H37N3O5S. The van der Waals surface area contributed by atoms with Crippen molar-refractivity contribution >= 4 is 26.7 Å². The lowest BCUT2D eigenvalue weighted by Crippen LogP contribution is -2.44. The van der Waals surface area contributed by atoms with E-state index in [9.17, 15) is 13.2 Å². The summed E-state index contributed by atoms with van der Waals surface area (Å²) in [5.41, 5.74) is 0.958. The summed E-state index contributed by atoms with van der Waals surface area (Å²) in [6.45, 7) is 6.15. The van der Waals surface area contributed by atoms with E-state index in [1.54, 1.807) is 17.0 Å². The lowest BCUT2D eigenvalue weighted by molar-refractivity contribution is -0.133. The molecule has 5 rings (SSSR count). The van der Waals surface area contributed by atoms with Gasteiger partial charge in [-0.25, -0.2) is 8.42 Å². The van der Waals surface area contributed by atoms with Gasteiger partial charge in [-0.1, -0.05) is 66.7 Å². The van der Waals surface area contributed by atoms with Gasteiger partial charge < -0.3 is 14.1 Å². The summed E-state index contributed by atoms with van der Waals surface area (Å²) in [4.78, 5) is 18.1. The lowest BCUT2D eigenvalue weighted by atomic mass is 10.1. The van der Waals surface area contributed by atoms with Crippen molar-refractivity contribution < 1.29 is 22.4 Å². The first kappa shape index (κ1) is 29.0. The fourth-order valence-corrected chi connectivity index (χ4v) is 6.83. The van der Waals surface area contributed by atoms with Crippen molar-refractivity contribution in [3.8, 4) is 0 Å². The van der Waals surface area contributed by atoms with Crippen LogP contribution in [-0.4, -0.2) is 74.4 Å². The smallest absolute Gasteiger partial charge is 0.244 e. The Morgan fingerprint density at radius 2 is 1.61 bits per heavy atom. The number of hydrogen-bond acceptors (Lipinski definition) is 6. The number of carbonyl (C=O) groups excluding carboxylic acids is 1. The summed E-state index contributed by atoms with van der Waals surface area (Å²) in [6, 6.07) is 26.1. The van der Waals surface area contributed by atoms with E-state index in [1.807, 2.05) is 79.7 Å². The van der Waals surface area contributed by atoms with Crippen molar-refractivity contribution in [3.05, 3.63) is 102 Å². The molecule has 3 aromatic carbocycles. The van der Waals surface area contributed by atoms with Gasteiger partial charge in [-0.3, -0.25) is 9.69 Å². The van der Waals surface area contributed by atoms with Gasteiger partial charge in [-0.05, 0) is 49.0 Å². The minimum atomic E-state index is -3.98. The number of fused-ring (bicyclic) bond motifs is 1. The number of aryl methyl sites for hydroxylation is 1. The zero-order chi connectivity index (χ0) is 28.7. The summed E-state index contributed by atoms with van der Waals surface area (Å²) in [5, 5.41) is 1.49. The maximum absolute atomic E-state index is 14.2. The average molecular weight is 576 g/mol. The van der Waals surface area contributed by atoms with Crippen molar-refractivity contribution in [2.24, 2.45) is 0 Å². The van der Waals surface area contributed by atoms with Crippen LogP contribution in [-0.2, 0) is 32.6 Å². The Labute approximate surface area is 242 Å². The maximum Gasteiger partial charge on any atom is 0.244 e. The van der Waals surface area contributed by atoms with E-state index >= 15 is 0 Å². The zero-order valence-electron chi connectivity index (χ0n) is 23.4. The Kier molecular flexibility index (Phi) is 9.51. The van der Waals surface area contributed by atoms with Gasteiger partial charge in [0.05, 0.1) is 31.2 Å². The van der Waals surface area contributed by atoms with E-state index in [0.717, 1.165) is 36.3 Å². The number of sulfonamides is 1. The van der Waals surface area contributed by atoms with E-state index < -0.39 is 10.0 Å². The fourth-order valence-electron chi connectivity index (χ4n) is 5.18. The van der Waals surface area contributed by atoms with E-state index in [4.69, 9.17) is 9.15 Å². The molecule has 0 bridgehead atoms. The second-order valence-electron chi connectivity index (χ2n) is 10.4. The molecule has 0 aliphatic carbocycles. The van der Waals surface area contributed by atoms with E-state index in [2.05, 4.69) is 4.90 Å². The van der Waals surface area contributed by atoms with E-state index in [-0.39, 0.29) is 30.4 Å². The summed E-state index contributed by atoms with van der Waals surface area (Å²) < 4.78 is 41.0. The Bertz CT molecular complexity index is 1540. The normalized spacial score (nSPS) is 14.5. The van der Waals surface area contributed by atoms with Crippen molar-refractivity contribution in [1.29, 1.82) is 0 Å². The monoisotopic (exact) mass is 575 g/mol. The minimum Gasteiger partial charge on any atom is -0.464 e. The average Bonchev–Trinajstić information content (AvgIpc) is 3.41. The molecule has 0 radical (unpaired) electrons. The van der Waals surface area contributed by atoms with Gasteiger partial charge in [-0.2, -0.15) is 4.31 Å². The maximum atomic E-state index is 14.2. The van der Waals surface area contributed by atoms with Crippen LogP contribution >= 0.6 is 0 Å². The molecule has 9 heteroatoms. The van der Waals surface area contributed by atoms with Crippen molar-refractivity contribution in [3.63, 3.8) is 0 Å². The second kappa shape index (κ2) is 13.4. The molecule has 0 N–H and O–H groups in total. The van der Waals surface area contributed by atoms with Crippen LogP contribution in [0.25, 0.3) is 10.8 Å². The van der Waals surface area contributed by atoms with Crippen LogP contribution in [0.4, 0.5) is 0 Å². The molecule has 41 heavy (non-hydrogen) atoms. The summed E-state index contributed by atoms with van der Waals surface area (Å²) in [7, 11) is -3.98. The van der Waals surface area contributed by atoms with Gasteiger partial charge in [0.25, 0.3) is 0 Å². The van der Waals surface area contributed by atoms with E-state index in [1.165, 1.54) is 4.31 Å². The van der Waals surface area contributed by atoms with Gasteiger partial charge in [0, 0.05) is 31.6 Å². The second-order valence-corrected chi connectivity index (χ2v) is 12.3. The number of rotatable bonds is 12. The molecule has 4 aromatic rings. The topological polar surface area (TPSA) is 83.3 Å². The molecule has 1 saturated heterocycles. The molecule has 2 heterocycles. The highest BCUT2D eigenvalue weighted by atomic mass is 32.2. The Hall–Kier alpha value is -3.50. The Morgan fingerprint density at radius 3 is 2.37 bits per heavy atom. The predicted octanol–water partition coefficient (Wildman–Crippen LogP) is 4.68. The van der Waals surface area contributed by atoms with Crippen LogP contribution < -0.4 is 0 Å². The highest BCUT2D eigenvalue weighted by Crippen LogP contribution is 2.26. The van der Waals surface area contributed by atoms with Crippen LogP contribution in [0.15, 0.2) is 94.2 Å². The first-order chi connectivity index (χ1) is 19.9. The highest BCUT2D eigenvalue weighted by molar-refractivity contribution is 7.89. The molecular weight excluding hydrogens is 538 g/mol. The van der Waals surface area contributed by atoms with Crippen LogP contribution in [0.5, 0.6) is 0 Å². The molecule has 1 amide bonds. The number of carbonyl (C=O) groups is 1. The molecule has 1 aliphatic rings. The summed E-state index contributed by atoms with van der Waals surface area (Å²) in [6.07, 6.45) is 0.605. The first-order valence-electron chi connectivity index (χ1n) is 14.1. The first-order valence-corrected chi connectivity index (χ1v) is 15.5. The van der Waals surface area contributed by atoms with E-state index in [0.29, 0.717) is 37.3 Å². The molecule has 0 saturated carbocycles. The minimum absolute atomic E-state index is 0.214. The molecule has 216 valence electrons. The lowest BCUT2D eigenvalue weighted by Gasteiger charge is -2.29. The molecule has 0 atom stereocenters. The SMILES string of the molecule is Cc1ccc(CN(Cc2ccccc2)C(=O)CN(CCCN2CCOCC2)S(=O)(=O)c2cccc3ccccc23)o1. The number of hydrogen-bond donors (Lipinski definition) is 0. The summed E-state index contributed by atoms with van der Waals surface area (Å²) >= 11 is 0. The largest absolute Gasteiger partial charge is 0.464 e. The van der Waals surface area contributed by atoms with Crippen LogP contribution in [0.3, 0.4) is 0 Å². The van der Waals surface area contributed by atoms with Crippen LogP contribution in [0.1, 0.15) is 23.5 Å². The highest BCUT2D eigenvalue weighted by Gasteiger charge is 2.30. The van der Waals surface area contributed by atoms with Gasteiger partial charge in [0.1, 0.15) is 11.5 Å². The third-order valence-corrected chi connectivity index (χ3v) is 9.28. The molecule has 1 aliphatic heterocycles. The molecule has 1 fully saturated rings. The number of morpholine rings is 1. The number of ether oxygens (including phenoxy) is 1. The standard InChI is InChI=1S/C32H37N3O5S/c1-26-15-16-29(40-26)24-34(23-27-9-3-2-4-10-27)32(36)25-35(18-8-17-33-19-21-39-22-20-33)41(37,38)31-14-7-12-28-11-5-6-13-30(28)31/h2-7,9-16H,8,17-25H2,1H3. The van der Waals surface area contributed by atoms with Gasteiger partial charge in [-0.15, -0.1) is 0 Å². The van der Waals surface area contributed by atoms with Crippen molar-refractivity contribution in [2.75, 3.05) is 45.9 Å². The predicted molar refractivity (Wildman–Crippen MR) is 159 cm³/mol. The van der Waals surface area contributed by atoms with Crippen LogP contribution in [0.2, 0.25) is 0 Å². The molecule has 0 spiro atoms. The number of furan rings is 1. The third kappa shape index (κ3) is 7.42. The number of nitrogens with zero attached hydrogens (tertiary/aromatic N) is 3. The Morgan fingerprint density at radius 1 is 0.878 bits per heavy atom. The molecule has 0 unspecified atom stereocenters. The fraction of sp³-hybridized carbons (Fsp3) is 0.344. The summed E-state index contributed by atoms with van der Waals surface area (Å²) in [5.74, 6) is 1.14.